The van der Waals surface area contributed by atoms with Gasteiger partial charge in [-0.15, -0.1) is 0 Å². The minimum absolute atomic E-state index is 0.0457. The van der Waals surface area contributed by atoms with E-state index in [1.54, 1.807) is 6.20 Å². The average molecular weight is 263 g/mol. The number of nitro benzene ring substituents is 2. The summed E-state index contributed by atoms with van der Waals surface area (Å²) in [4.78, 5) is 22.7. The van der Waals surface area contributed by atoms with Gasteiger partial charge in [-0.1, -0.05) is 0 Å². The van der Waals surface area contributed by atoms with Crippen molar-refractivity contribution in [3.05, 3.63) is 50.2 Å². The zero-order valence-corrected chi connectivity index (χ0v) is 10.2. The molecule has 7 nitrogen and oxygen atoms in total. The Hall–Kier alpha value is -2.44. The molecule has 1 aromatic carbocycles. The van der Waals surface area contributed by atoms with Crippen molar-refractivity contribution in [2.24, 2.45) is 0 Å². The molecule has 0 aliphatic carbocycles. The summed E-state index contributed by atoms with van der Waals surface area (Å²) in [7, 11) is 0. The SMILES string of the molecule is O=[N+]([O-])c1cccc([N+](=O)[O-])c1C=CN1CCCC1. The van der Waals surface area contributed by atoms with Crippen LogP contribution in [0.15, 0.2) is 24.4 Å². The van der Waals surface area contributed by atoms with Crippen molar-refractivity contribution in [2.75, 3.05) is 13.1 Å². The molecule has 0 amide bonds. The van der Waals surface area contributed by atoms with Crippen LogP contribution in [0.25, 0.3) is 6.08 Å². The summed E-state index contributed by atoms with van der Waals surface area (Å²) in [5.74, 6) is 0. The summed E-state index contributed by atoms with van der Waals surface area (Å²) in [6.07, 6.45) is 5.30. The van der Waals surface area contributed by atoms with Crippen LogP contribution in [0.1, 0.15) is 18.4 Å². The van der Waals surface area contributed by atoms with Gasteiger partial charge in [-0.25, -0.2) is 0 Å². The van der Waals surface area contributed by atoms with Crippen LogP contribution in [-0.2, 0) is 0 Å². The molecule has 1 saturated heterocycles. The van der Waals surface area contributed by atoms with Gasteiger partial charge < -0.3 is 4.90 Å². The minimum atomic E-state index is -0.601. The second-order valence-corrected chi connectivity index (χ2v) is 4.28. The van der Waals surface area contributed by atoms with Crippen LogP contribution in [0.3, 0.4) is 0 Å². The van der Waals surface area contributed by atoms with Crippen molar-refractivity contribution in [2.45, 2.75) is 12.8 Å². The van der Waals surface area contributed by atoms with Crippen LogP contribution >= 0.6 is 0 Å². The minimum Gasteiger partial charge on any atom is -0.377 e. The normalized spacial score (nSPS) is 15.1. The predicted octanol–water partition coefficient (Wildman–Crippen LogP) is 2.57. The third-order valence-corrected chi connectivity index (χ3v) is 3.05. The summed E-state index contributed by atoms with van der Waals surface area (Å²) in [6.45, 7) is 1.76. The van der Waals surface area contributed by atoms with E-state index in [4.69, 9.17) is 0 Å². The summed E-state index contributed by atoms with van der Waals surface area (Å²) < 4.78 is 0. The Morgan fingerprint density at radius 2 is 1.58 bits per heavy atom. The van der Waals surface area contributed by atoms with E-state index in [2.05, 4.69) is 0 Å². The number of benzene rings is 1. The maximum absolute atomic E-state index is 10.9. The zero-order chi connectivity index (χ0) is 13.8. The van der Waals surface area contributed by atoms with E-state index in [-0.39, 0.29) is 16.9 Å². The Labute approximate surface area is 109 Å². The first-order valence-electron chi connectivity index (χ1n) is 5.93. The topological polar surface area (TPSA) is 89.5 Å². The number of hydrogen-bond acceptors (Lipinski definition) is 5. The Morgan fingerprint density at radius 1 is 1.05 bits per heavy atom. The van der Waals surface area contributed by atoms with Crippen LogP contribution < -0.4 is 0 Å². The molecule has 100 valence electrons. The van der Waals surface area contributed by atoms with Gasteiger partial charge in [-0.2, -0.15) is 0 Å². The lowest BCUT2D eigenvalue weighted by molar-refractivity contribution is -0.394. The van der Waals surface area contributed by atoms with Gasteiger partial charge in [-0.05, 0) is 25.0 Å². The smallest absolute Gasteiger partial charge is 0.283 e. The molecule has 1 heterocycles. The Morgan fingerprint density at radius 3 is 2.05 bits per heavy atom. The molecule has 0 atom stereocenters. The number of likely N-dealkylation sites (tertiary alicyclic amines) is 1. The maximum Gasteiger partial charge on any atom is 0.283 e. The zero-order valence-electron chi connectivity index (χ0n) is 10.2. The largest absolute Gasteiger partial charge is 0.377 e. The molecule has 19 heavy (non-hydrogen) atoms. The second kappa shape index (κ2) is 5.47. The van der Waals surface area contributed by atoms with Gasteiger partial charge in [0, 0.05) is 31.4 Å². The fourth-order valence-electron chi connectivity index (χ4n) is 2.10. The highest BCUT2D eigenvalue weighted by Crippen LogP contribution is 2.29. The maximum atomic E-state index is 10.9. The molecule has 1 fully saturated rings. The molecule has 1 aliphatic heterocycles. The van der Waals surface area contributed by atoms with E-state index < -0.39 is 9.85 Å². The highest BCUT2D eigenvalue weighted by molar-refractivity contribution is 5.70. The molecule has 0 saturated carbocycles. The Kier molecular flexibility index (Phi) is 3.74. The fraction of sp³-hybridized carbons (Fsp3) is 0.333. The van der Waals surface area contributed by atoms with E-state index in [0.717, 1.165) is 25.9 Å². The first-order valence-corrected chi connectivity index (χ1v) is 5.93. The van der Waals surface area contributed by atoms with E-state index >= 15 is 0 Å². The summed E-state index contributed by atoms with van der Waals surface area (Å²) in [6, 6.07) is 3.87. The molecule has 0 N–H and O–H groups in total. The van der Waals surface area contributed by atoms with E-state index in [0.29, 0.717) is 0 Å². The highest BCUT2D eigenvalue weighted by Gasteiger charge is 2.22. The van der Waals surface area contributed by atoms with Crippen LogP contribution in [-0.4, -0.2) is 27.8 Å². The van der Waals surface area contributed by atoms with Crippen molar-refractivity contribution in [1.82, 2.24) is 4.90 Å². The monoisotopic (exact) mass is 263 g/mol. The van der Waals surface area contributed by atoms with E-state index in [1.807, 2.05) is 4.90 Å². The van der Waals surface area contributed by atoms with Gasteiger partial charge in [0.1, 0.15) is 5.56 Å². The molecule has 2 rings (SSSR count). The van der Waals surface area contributed by atoms with Crippen LogP contribution in [0.4, 0.5) is 11.4 Å². The third kappa shape index (κ3) is 2.87. The molecular weight excluding hydrogens is 250 g/mol. The van der Waals surface area contributed by atoms with Gasteiger partial charge in [0.15, 0.2) is 0 Å². The summed E-state index contributed by atoms with van der Waals surface area (Å²) in [5, 5.41) is 21.9. The van der Waals surface area contributed by atoms with Crippen molar-refractivity contribution in [3.63, 3.8) is 0 Å². The molecule has 1 aromatic rings. The number of hydrogen-bond donors (Lipinski definition) is 0. The molecule has 7 heteroatoms. The predicted molar refractivity (Wildman–Crippen MR) is 69.6 cm³/mol. The van der Waals surface area contributed by atoms with Crippen molar-refractivity contribution < 1.29 is 9.85 Å². The molecule has 0 unspecified atom stereocenters. The summed E-state index contributed by atoms with van der Waals surface area (Å²) >= 11 is 0. The van der Waals surface area contributed by atoms with Crippen molar-refractivity contribution >= 4 is 17.5 Å². The van der Waals surface area contributed by atoms with Gasteiger partial charge in [0.05, 0.1) is 9.85 Å². The van der Waals surface area contributed by atoms with Gasteiger partial charge in [-0.3, -0.25) is 20.2 Å². The van der Waals surface area contributed by atoms with Crippen LogP contribution in [0.5, 0.6) is 0 Å². The van der Waals surface area contributed by atoms with Gasteiger partial charge in [0.25, 0.3) is 11.4 Å². The quantitative estimate of drug-likeness (QED) is 0.615. The molecule has 0 radical (unpaired) electrons. The molecule has 1 aliphatic rings. The highest BCUT2D eigenvalue weighted by atomic mass is 16.6. The number of nitrogens with zero attached hydrogens (tertiary/aromatic N) is 3. The number of nitro groups is 2. The first kappa shape index (κ1) is 13.0. The van der Waals surface area contributed by atoms with E-state index in [9.17, 15) is 20.2 Å². The standard InChI is InChI=1S/C12H13N3O4/c16-14(17)11-4-3-5-12(15(18)19)10(11)6-9-13-7-1-2-8-13/h3-6,9H,1-2,7-8H2. The van der Waals surface area contributed by atoms with E-state index in [1.165, 1.54) is 24.3 Å². The summed E-state index contributed by atoms with van der Waals surface area (Å²) in [5.41, 5.74) is -0.446. The molecule has 0 spiro atoms. The van der Waals surface area contributed by atoms with Crippen LogP contribution in [0.2, 0.25) is 0 Å². The lowest BCUT2D eigenvalue weighted by atomic mass is 10.1. The first-order chi connectivity index (χ1) is 9.09. The van der Waals surface area contributed by atoms with Crippen molar-refractivity contribution in [1.29, 1.82) is 0 Å². The number of rotatable bonds is 4. The molecular formula is C12H13N3O4. The lowest BCUT2D eigenvalue weighted by Crippen LogP contribution is -2.10. The molecule has 0 bridgehead atoms. The average Bonchev–Trinajstić information content (AvgIpc) is 2.88. The fourth-order valence-corrected chi connectivity index (χ4v) is 2.10. The third-order valence-electron chi connectivity index (χ3n) is 3.05. The Bertz CT molecular complexity index is 504. The van der Waals surface area contributed by atoms with Gasteiger partial charge >= 0.3 is 0 Å². The molecule has 0 aromatic heterocycles. The van der Waals surface area contributed by atoms with Crippen LogP contribution in [0, 0.1) is 20.2 Å². The van der Waals surface area contributed by atoms with Crippen molar-refractivity contribution in [3.8, 4) is 0 Å². The van der Waals surface area contributed by atoms with Gasteiger partial charge in [0.2, 0.25) is 0 Å². The lowest BCUT2D eigenvalue weighted by Gasteiger charge is -2.10. The Balaban J connectivity index is 2.39. The second-order valence-electron chi connectivity index (χ2n) is 4.28.